The summed E-state index contributed by atoms with van der Waals surface area (Å²) in [6.07, 6.45) is 3.90. The fourth-order valence-corrected chi connectivity index (χ4v) is 3.13. The van der Waals surface area contributed by atoms with Crippen molar-refractivity contribution >= 4 is 18.3 Å². The standard InChI is InChI=1S/C17H24N2O2.ClH/c18-16(13-6-8-21-9-7-13)17(20)19-15-11-14(15)10-12-4-2-1-3-5-12;/h1-5,13-16H,6-11,18H2,(H,19,20);1H. The van der Waals surface area contributed by atoms with Gasteiger partial charge in [-0.2, -0.15) is 0 Å². The van der Waals surface area contributed by atoms with Crippen LogP contribution in [-0.4, -0.2) is 31.2 Å². The zero-order valence-electron chi connectivity index (χ0n) is 12.7. The lowest BCUT2D eigenvalue weighted by atomic mass is 9.92. The third-order valence-electron chi connectivity index (χ3n) is 4.67. The monoisotopic (exact) mass is 324 g/mol. The fraction of sp³-hybridized carbons (Fsp3) is 0.588. The summed E-state index contributed by atoms with van der Waals surface area (Å²) in [4.78, 5) is 12.2. The van der Waals surface area contributed by atoms with E-state index in [1.165, 1.54) is 5.56 Å². The van der Waals surface area contributed by atoms with E-state index in [2.05, 4.69) is 29.6 Å². The first-order chi connectivity index (χ1) is 10.2. The molecule has 2 fully saturated rings. The van der Waals surface area contributed by atoms with Crippen molar-refractivity contribution in [3.63, 3.8) is 0 Å². The second kappa shape index (κ2) is 7.95. The van der Waals surface area contributed by atoms with E-state index in [4.69, 9.17) is 10.5 Å². The van der Waals surface area contributed by atoms with Crippen molar-refractivity contribution in [1.82, 2.24) is 5.32 Å². The highest BCUT2D eigenvalue weighted by Crippen LogP contribution is 2.34. The number of nitrogens with one attached hydrogen (secondary N) is 1. The number of hydrogen-bond donors (Lipinski definition) is 2. The SMILES string of the molecule is Cl.NC(C(=O)NC1CC1Cc1ccccc1)C1CCOCC1. The van der Waals surface area contributed by atoms with Gasteiger partial charge in [0, 0.05) is 19.3 Å². The maximum absolute atomic E-state index is 12.2. The summed E-state index contributed by atoms with van der Waals surface area (Å²) in [5.41, 5.74) is 7.44. The molecule has 3 rings (SSSR count). The van der Waals surface area contributed by atoms with Crippen LogP contribution in [0.1, 0.15) is 24.8 Å². The molecule has 1 saturated carbocycles. The van der Waals surface area contributed by atoms with E-state index >= 15 is 0 Å². The van der Waals surface area contributed by atoms with E-state index in [-0.39, 0.29) is 30.3 Å². The van der Waals surface area contributed by atoms with Crippen molar-refractivity contribution in [2.24, 2.45) is 17.6 Å². The van der Waals surface area contributed by atoms with Crippen LogP contribution in [0.15, 0.2) is 30.3 Å². The Bertz CT molecular complexity index is 477. The Labute approximate surface area is 138 Å². The summed E-state index contributed by atoms with van der Waals surface area (Å²) in [5.74, 6) is 0.853. The van der Waals surface area contributed by atoms with Gasteiger partial charge in [0.15, 0.2) is 0 Å². The average molecular weight is 325 g/mol. The highest BCUT2D eigenvalue weighted by atomic mass is 35.5. The number of carbonyl (C=O) groups is 1. The van der Waals surface area contributed by atoms with E-state index in [0.29, 0.717) is 12.0 Å². The van der Waals surface area contributed by atoms with E-state index in [0.717, 1.165) is 38.9 Å². The Morgan fingerprint density at radius 2 is 1.95 bits per heavy atom. The molecule has 1 heterocycles. The number of carbonyl (C=O) groups excluding carboxylic acids is 1. The third kappa shape index (κ3) is 4.45. The first kappa shape index (κ1) is 17.3. The Balaban J connectivity index is 0.00000176. The number of halogens is 1. The Kier molecular flexibility index (Phi) is 6.24. The molecule has 1 aromatic carbocycles. The predicted molar refractivity (Wildman–Crippen MR) is 89.0 cm³/mol. The molecule has 0 spiro atoms. The molecule has 4 nitrogen and oxygen atoms in total. The van der Waals surface area contributed by atoms with Crippen molar-refractivity contribution in [2.45, 2.75) is 37.8 Å². The van der Waals surface area contributed by atoms with E-state index in [1.54, 1.807) is 0 Å². The van der Waals surface area contributed by atoms with Crippen molar-refractivity contribution in [1.29, 1.82) is 0 Å². The quantitative estimate of drug-likeness (QED) is 0.869. The molecule has 2 aliphatic rings. The summed E-state index contributed by atoms with van der Waals surface area (Å²) >= 11 is 0. The van der Waals surface area contributed by atoms with Gasteiger partial charge in [0.05, 0.1) is 6.04 Å². The Morgan fingerprint density at radius 3 is 2.64 bits per heavy atom. The van der Waals surface area contributed by atoms with Gasteiger partial charge in [-0.05, 0) is 43.1 Å². The maximum Gasteiger partial charge on any atom is 0.237 e. The minimum Gasteiger partial charge on any atom is -0.381 e. The lowest BCUT2D eigenvalue weighted by Crippen LogP contribution is -2.48. The minimum atomic E-state index is -0.383. The van der Waals surface area contributed by atoms with Gasteiger partial charge in [-0.1, -0.05) is 30.3 Å². The van der Waals surface area contributed by atoms with Crippen LogP contribution in [0.2, 0.25) is 0 Å². The zero-order valence-corrected chi connectivity index (χ0v) is 13.6. The number of rotatable bonds is 5. The number of hydrogen-bond acceptors (Lipinski definition) is 3. The lowest BCUT2D eigenvalue weighted by Gasteiger charge is -2.26. The molecular formula is C17H25ClN2O2. The summed E-state index contributed by atoms with van der Waals surface area (Å²) in [7, 11) is 0. The van der Waals surface area contributed by atoms with Crippen LogP contribution in [0.4, 0.5) is 0 Å². The topological polar surface area (TPSA) is 64.4 Å². The van der Waals surface area contributed by atoms with Crippen LogP contribution < -0.4 is 11.1 Å². The van der Waals surface area contributed by atoms with Gasteiger partial charge in [0.2, 0.25) is 5.91 Å². The highest BCUT2D eigenvalue weighted by Gasteiger charge is 2.39. The van der Waals surface area contributed by atoms with E-state index in [1.807, 2.05) is 6.07 Å². The van der Waals surface area contributed by atoms with Crippen LogP contribution in [0.3, 0.4) is 0 Å². The molecule has 3 unspecified atom stereocenters. The van der Waals surface area contributed by atoms with Crippen LogP contribution in [0.5, 0.6) is 0 Å². The second-order valence-corrected chi connectivity index (χ2v) is 6.28. The Morgan fingerprint density at radius 1 is 1.27 bits per heavy atom. The predicted octanol–water partition coefficient (Wildman–Crippen LogP) is 1.91. The average Bonchev–Trinajstić information content (AvgIpc) is 3.25. The van der Waals surface area contributed by atoms with Crippen molar-refractivity contribution in [2.75, 3.05) is 13.2 Å². The molecule has 1 amide bonds. The number of benzene rings is 1. The number of amides is 1. The summed E-state index contributed by atoms with van der Waals surface area (Å²) in [5, 5.41) is 3.12. The first-order valence-corrected chi connectivity index (χ1v) is 7.91. The van der Waals surface area contributed by atoms with Crippen LogP contribution in [-0.2, 0) is 16.0 Å². The minimum absolute atomic E-state index is 0. The van der Waals surface area contributed by atoms with Crippen LogP contribution >= 0.6 is 12.4 Å². The molecule has 1 aliphatic heterocycles. The van der Waals surface area contributed by atoms with Crippen LogP contribution in [0.25, 0.3) is 0 Å². The summed E-state index contributed by atoms with van der Waals surface area (Å²) in [6, 6.07) is 10.4. The van der Waals surface area contributed by atoms with Gasteiger partial charge in [-0.15, -0.1) is 12.4 Å². The zero-order chi connectivity index (χ0) is 14.7. The third-order valence-corrected chi connectivity index (χ3v) is 4.67. The number of ether oxygens (including phenoxy) is 1. The molecule has 3 atom stereocenters. The van der Waals surface area contributed by atoms with E-state index in [9.17, 15) is 4.79 Å². The molecule has 22 heavy (non-hydrogen) atoms. The van der Waals surface area contributed by atoms with Crippen molar-refractivity contribution in [3.05, 3.63) is 35.9 Å². The summed E-state index contributed by atoms with van der Waals surface area (Å²) in [6.45, 7) is 1.46. The van der Waals surface area contributed by atoms with Gasteiger partial charge >= 0.3 is 0 Å². The lowest BCUT2D eigenvalue weighted by molar-refractivity contribution is -0.124. The van der Waals surface area contributed by atoms with Gasteiger partial charge in [-0.25, -0.2) is 0 Å². The molecule has 1 saturated heterocycles. The van der Waals surface area contributed by atoms with E-state index < -0.39 is 0 Å². The molecular weight excluding hydrogens is 300 g/mol. The molecule has 0 bridgehead atoms. The normalized spacial score (nSPS) is 25.9. The molecule has 0 radical (unpaired) electrons. The molecule has 3 N–H and O–H groups in total. The molecule has 5 heteroatoms. The molecule has 1 aromatic rings. The maximum atomic E-state index is 12.2. The number of nitrogens with two attached hydrogens (primary N) is 1. The Hall–Kier alpha value is -1.10. The first-order valence-electron chi connectivity index (χ1n) is 7.91. The van der Waals surface area contributed by atoms with Crippen LogP contribution in [0, 0.1) is 11.8 Å². The largest absolute Gasteiger partial charge is 0.381 e. The fourth-order valence-electron chi connectivity index (χ4n) is 3.13. The van der Waals surface area contributed by atoms with Crippen molar-refractivity contribution in [3.8, 4) is 0 Å². The summed E-state index contributed by atoms with van der Waals surface area (Å²) < 4.78 is 5.32. The molecule has 0 aromatic heterocycles. The molecule has 1 aliphatic carbocycles. The van der Waals surface area contributed by atoms with Gasteiger partial charge < -0.3 is 15.8 Å². The van der Waals surface area contributed by atoms with Gasteiger partial charge in [0.25, 0.3) is 0 Å². The molecule has 122 valence electrons. The highest BCUT2D eigenvalue weighted by molar-refractivity contribution is 5.85. The van der Waals surface area contributed by atoms with Gasteiger partial charge in [0.1, 0.15) is 0 Å². The van der Waals surface area contributed by atoms with Crippen molar-refractivity contribution < 1.29 is 9.53 Å². The van der Waals surface area contributed by atoms with Gasteiger partial charge in [-0.3, -0.25) is 4.79 Å². The smallest absolute Gasteiger partial charge is 0.237 e. The second-order valence-electron chi connectivity index (χ2n) is 6.28.